The molecule has 1 atom stereocenters. The van der Waals surface area contributed by atoms with Crippen LogP contribution in [-0.4, -0.2) is 31.3 Å². The normalized spacial score (nSPS) is 14.1. The highest BCUT2D eigenvalue weighted by atomic mass is 19.1. The lowest BCUT2D eigenvalue weighted by Gasteiger charge is -2.22. The number of furan rings is 1. The number of rotatable bonds is 8. The number of aliphatic hydroxyl groups is 1. The van der Waals surface area contributed by atoms with E-state index in [0.717, 1.165) is 5.56 Å². The predicted octanol–water partition coefficient (Wildman–Crippen LogP) is 2.53. The van der Waals surface area contributed by atoms with Crippen LogP contribution < -0.4 is 10.6 Å². The molecule has 1 aromatic carbocycles. The molecule has 0 aliphatic heterocycles. The quantitative estimate of drug-likeness (QED) is 0.496. The zero-order chi connectivity index (χ0) is 19.0. The summed E-state index contributed by atoms with van der Waals surface area (Å²) in [6, 6.07) is 8.31. The van der Waals surface area contributed by atoms with Gasteiger partial charge in [0.25, 0.3) is 0 Å². The van der Waals surface area contributed by atoms with Crippen molar-refractivity contribution in [2.75, 3.05) is 20.2 Å². The summed E-state index contributed by atoms with van der Waals surface area (Å²) >= 11 is 0. The summed E-state index contributed by atoms with van der Waals surface area (Å²) in [5.74, 6) is 0.736. The standard InChI is InChI=1S/C19H26FN3O3/c1-4-21-18(23-13-19(2,24)17-6-5-9-26-17)22-11-14-7-8-16(20)15(10-14)12-25-3/h5-10,24H,4,11-13H2,1-3H3,(H2,21,22,23). The first kappa shape index (κ1) is 19.9. The first-order chi connectivity index (χ1) is 12.5. The van der Waals surface area contributed by atoms with Crippen molar-refractivity contribution in [3.63, 3.8) is 0 Å². The van der Waals surface area contributed by atoms with E-state index in [-0.39, 0.29) is 19.0 Å². The molecule has 0 radical (unpaired) electrons. The van der Waals surface area contributed by atoms with Crippen molar-refractivity contribution in [1.29, 1.82) is 0 Å². The van der Waals surface area contributed by atoms with Gasteiger partial charge in [-0.15, -0.1) is 0 Å². The summed E-state index contributed by atoms with van der Waals surface area (Å²) in [6.45, 7) is 5.11. The van der Waals surface area contributed by atoms with Gasteiger partial charge in [0.2, 0.25) is 0 Å². The number of guanidine groups is 1. The van der Waals surface area contributed by atoms with E-state index in [1.165, 1.54) is 19.4 Å². The van der Waals surface area contributed by atoms with Gasteiger partial charge in [0, 0.05) is 19.2 Å². The lowest BCUT2D eigenvalue weighted by molar-refractivity contribution is 0.0386. The number of aliphatic imine (C=N–C) groups is 1. The van der Waals surface area contributed by atoms with Crippen LogP contribution in [0.4, 0.5) is 4.39 Å². The average Bonchev–Trinajstić information content (AvgIpc) is 3.16. The van der Waals surface area contributed by atoms with Crippen LogP contribution in [0.5, 0.6) is 0 Å². The predicted molar refractivity (Wildman–Crippen MR) is 98.2 cm³/mol. The Bertz CT molecular complexity index is 715. The monoisotopic (exact) mass is 363 g/mol. The van der Waals surface area contributed by atoms with E-state index in [0.29, 0.717) is 30.4 Å². The second-order valence-electron chi connectivity index (χ2n) is 6.16. The molecule has 0 saturated carbocycles. The third kappa shape index (κ3) is 5.57. The van der Waals surface area contributed by atoms with Crippen molar-refractivity contribution in [1.82, 2.24) is 10.6 Å². The van der Waals surface area contributed by atoms with E-state index in [2.05, 4.69) is 15.6 Å². The molecule has 1 unspecified atom stereocenters. The molecular formula is C19H26FN3O3. The van der Waals surface area contributed by atoms with E-state index < -0.39 is 5.60 Å². The lowest BCUT2D eigenvalue weighted by Crippen LogP contribution is -2.44. The number of nitrogens with zero attached hydrogens (tertiary/aromatic N) is 1. The van der Waals surface area contributed by atoms with Gasteiger partial charge in [0.1, 0.15) is 17.2 Å². The molecule has 0 fully saturated rings. The highest BCUT2D eigenvalue weighted by molar-refractivity contribution is 5.79. The molecule has 7 heteroatoms. The van der Waals surface area contributed by atoms with Gasteiger partial charge >= 0.3 is 0 Å². The Balaban J connectivity index is 2.03. The summed E-state index contributed by atoms with van der Waals surface area (Å²) < 4.78 is 24.0. The van der Waals surface area contributed by atoms with Gasteiger partial charge < -0.3 is 24.9 Å². The van der Waals surface area contributed by atoms with Gasteiger partial charge in [-0.25, -0.2) is 9.38 Å². The van der Waals surface area contributed by atoms with Crippen molar-refractivity contribution in [2.24, 2.45) is 4.99 Å². The number of halogens is 1. The fourth-order valence-electron chi connectivity index (χ4n) is 2.43. The first-order valence-electron chi connectivity index (χ1n) is 8.51. The van der Waals surface area contributed by atoms with E-state index in [1.807, 2.05) is 6.92 Å². The van der Waals surface area contributed by atoms with Crippen molar-refractivity contribution in [3.05, 3.63) is 59.3 Å². The fraction of sp³-hybridized carbons (Fsp3) is 0.421. The molecule has 1 aromatic heterocycles. The maximum Gasteiger partial charge on any atom is 0.191 e. The van der Waals surface area contributed by atoms with Crippen LogP contribution in [0.1, 0.15) is 30.7 Å². The van der Waals surface area contributed by atoms with Crippen LogP contribution in [0, 0.1) is 5.82 Å². The number of hydrogen-bond donors (Lipinski definition) is 3. The molecular weight excluding hydrogens is 337 g/mol. The van der Waals surface area contributed by atoms with Crippen LogP contribution in [-0.2, 0) is 23.5 Å². The summed E-state index contributed by atoms with van der Waals surface area (Å²) in [5, 5.41) is 16.7. The zero-order valence-corrected chi connectivity index (χ0v) is 15.4. The molecule has 2 aromatic rings. The molecule has 3 N–H and O–H groups in total. The Morgan fingerprint density at radius 1 is 1.35 bits per heavy atom. The van der Waals surface area contributed by atoms with Crippen LogP contribution >= 0.6 is 0 Å². The minimum absolute atomic E-state index is 0.216. The molecule has 0 aliphatic rings. The van der Waals surface area contributed by atoms with Gasteiger partial charge in [0.15, 0.2) is 5.96 Å². The third-order valence-electron chi connectivity index (χ3n) is 3.83. The molecule has 0 spiro atoms. The molecule has 1 heterocycles. The molecule has 26 heavy (non-hydrogen) atoms. The van der Waals surface area contributed by atoms with E-state index in [9.17, 15) is 9.50 Å². The third-order valence-corrected chi connectivity index (χ3v) is 3.83. The number of ether oxygens (including phenoxy) is 1. The number of nitrogens with one attached hydrogen (secondary N) is 2. The second-order valence-corrected chi connectivity index (χ2v) is 6.16. The summed E-state index contributed by atoms with van der Waals surface area (Å²) in [6.07, 6.45) is 1.52. The Morgan fingerprint density at radius 2 is 2.15 bits per heavy atom. The van der Waals surface area contributed by atoms with Crippen molar-refractivity contribution < 1.29 is 18.7 Å². The van der Waals surface area contributed by atoms with Crippen LogP contribution in [0.2, 0.25) is 0 Å². The van der Waals surface area contributed by atoms with Crippen molar-refractivity contribution in [3.8, 4) is 0 Å². The van der Waals surface area contributed by atoms with E-state index in [1.54, 1.807) is 31.2 Å². The Morgan fingerprint density at radius 3 is 2.81 bits per heavy atom. The van der Waals surface area contributed by atoms with Crippen molar-refractivity contribution in [2.45, 2.75) is 32.6 Å². The summed E-state index contributed by atoms with van der Waals surface area (Å²) in [5.41, 5.74) is 0.202. The second kappa shape index (κ2) is 9.35. The summed E-state index contributed by atoms with van der Waals surface area (Å²) in [4.78, 5) is 4.49. The van der Waals surface area contributed by atoms with E-state index >= 15 is 0 Å². The minimum atomic E-state index is -1.17. The van der Waals surface area contributed by atoms with E-state index in [4.69, 9.17) is 9.15 Å². The Labute approximate surface area is 153 Å². The molecule has 0 bridgehead atoms. The molecule has 0 aliphatic carbocycles. The fourth-order valence-corrected chi connectivity index (χ4v) is 2.43. The number of methoxy groups -OCH3 is 1. The van der Waals surface area contributed by atoms with Crippen molar-refractivity contribution >= 4 is 5.96 Å². The SMILES string of the molecule is CCNC(=NCc1ccc(F)c(COC)c1)NCC(C)(O)c1ccco1. The van der Waals surface area contributed by atoms with Gasteiger partial charge in [-0.3, -0.25) is 0 Å². The largest absolute Gasteiger partial charge is 0.466 e. The molecule has 2 rings (SSSR count). The zero-order valence-electron chi connectivity index (χ0n) is 15.4. The molecule has 0 amide bonds. The van der Waals surface area contributed by atoms with Gasteiger partial charge in [-0.1, -0.05) is 6.07 Å². The molecule has 142 valence electrons. The maximum atomic E-state index is 13.7. The number of hydrogen-bond acceptors (Lipinski definition) is 4. The van der Waals surface area contributed by atoms with Gasteiger partial charge in [-0.2, -0.15) is 0 Å². The van der Waals surface area contributed by atoms with Crippen LogP contribution in [0.15, 0.2) is 46.0 Å². The molecule has 0 saturated heterocycles. The summed E-state index contributed by atoms with van der Waals surface area (Å²) in [7, 11) is 1.53. The Kier molecular flexibility index (Phi) is 7.17. The van der Waals surface area contributed by atoms with Gasteiger partial charge in [0.05, 0.1) is 26.0 Å². The van der Waals surface area contributed by atoms with Crippen LogP contribution in [0.25, 0.3) is 0 Å². The number of benzene rings is 1. The smallest absolute Gasteiger partial charge is 0.191 e. The topological polar surface area (TPSA) is 79.0 Å². The van der Waals surface area contributed by atoms with Crippen LogP contribution in [0.3, 0.4) is 0 Å². The highest BCUT2D eigenvalue weighted by Crippen LogP contribution is 2.19. The minimum Gasteiger partial charge on any atom is -0.466 e. The Hall–Kier alpha value is -2.38. The maximum absolute atomic E-state index is 13.7. The highest BCUT2D eigenvalue weighted by Gasteiger charge is 2.26. The van der Waals surface area contributed by atoms with Gasteiger partial charge in [-0.05, 0) is 43.7 Å². The molecule has 6 nitrogen and oxygen atoms in total. The lowest BCUT2D eigenvalue weighted by atomic mass is 10.0. The first-order valence-corrected chi connectivity index (χ1v) is 8.51. The average molecular weight is 363 g/mol.